The average molecular weight is 299 g/mol. The summed E-state index contributed by atoms with van der Waals surface area (Å²) >= 11 is 0. The second kappa shape index (κ2) is 6.32. The summed E-state index contributed by atoms with van der Waals surface area (Å²) in [7, 11) is 1.56. The summed E-state index contributed by atoms with van der Waals surface area (Å²) < 4.78 is 46.1. The van der Waals surface area contributed by atoms with Crippen molar-refractivity contribution >= 4 is 10.8 Å². The minimum absolute atomic E-state index is 0.199. The van der Waals surface area contributed by atoms with Crippen molar-refractivity contribution in [3.05, 3.63) is 42.0 Å². The second-order valence-electron chi connectivity index (χ2n) is 4.64. The van der Waals surface area contributed by atoms with Crippen molar-refractivity contribution in [3.8, 4) is 5.75 Å². The smallest absolute Gasteiger partial charge is 0.411 e. The molecule has 2 aromatic carbocycles. The number of benzene rings is 2. The Morgan fingerprint density at radius 3 is 2.38 bits per heavy atom. The summed E-state index contributed by atoms with van der Waals surface area (Å²) in [6, 6.07) is 10.3. The highest BCUT2D eigenvalue weighted by Gasteiger charge is 2.27. The Hall–Kier alpha value is -1.79. The van der Waals surface area contributed by atoms with Gasteiger partial charge in [-0.25, -0.2) is 0 Å². The van der Waals surface area contributed by atoms with Crippen LogP contribution in [-0.2, 0) is 4.74 Å². The predicted molar refractivity (Wildman–Crippen MR) is 74.3 cm³/mol. The van der Waals surface area contributed by atoms with E-state index in [9.17, 15) is 13.2 Å². The first-order chi connectivity index (χ1) is 9.92. The molecule has 21 heavy (non-hydrogen) atoms. The van der Waals surface area contributed by atoms with Crippen molar-refractivity contribution in [2.75, 3.05) is 20.3 Å². The van der Waals surface area contributed by atoms with Crippen molar-refractivity contribution in [1.29, 1.82) is 0 Å². The molecule has 0 bridgehead atoms. The van der Waals surface area contributed by atoms with E-state index in [1.807, 2.05) is 24.3 Å². The number of hydrogen-bond acceptors (Lipinski definition) is 3. The lowest BCUT2D eigenvalue weighted by Crippen LogP contribution is -2.23. The summed E-state index contributed by atoms with van der Waals surface area (Å²) in [6.45, 7) is -1.50. The van der Waals surface area contributed by atoms with Crippen LogP contribution >= 0.6 is 0 Å². The van der Waals surface area contributed by atoms with Gasteiger partial charge in [-0.1, -0.05) is 30.3 Å². The van der Waals surface area contributed by atoms with E-state index in [0.717, 1.165) is 16.3 Å². The third kappa shape index (κ3) is 3.86. The molecule has 2 aromatic rings. The zero-order valence-corrected chi connectivity index (χ0v) is 11.5. The van der Waals surface area contributed by atoms with Gasteiger partial charge in [0.25, 0.3) is 0 Å². The number of rotatable bonds is 5. The maximum absolute atomic E-state index is 12.1. The van der Waals surface area contributed by atoms with Crippen LogP contribution < -0.4 is 10.5 Å². The molecule has 0 saturated carbocycles. The van der Waals surface area contributed by atoms with Gasteiger partial charge in [0.05, 0.1) is 19.8 Å². The lowest BCUT2D eigenvalue weighted by Gasteiger charge is -2.17. The molecule has 0 heterocycles. The van der Waals surface area contributed by atoms with Gasteiger partial charge in [0.2, 0.25) is 0 Å². The van der Waals surface area contributed by atoms with Crippen molar-refractivity contribution in [2.45, 2.75) is 12.2 Å². The number of hydrogen-bond donors (Lipinski definition) is 1. The minimum atomic E-state index is -4.35. The number of methoxy groups -OCH3 is 1. The van der Waals surface area contributed by atoms with Crippen molar-refractivity contribution < 1.29 is 22.6 Å². The van der Waals surface area contributed by atoms with Gasteiger partial charge in [-0.2, -0.15) is 13.2 Å². The molecule has 114 valence electrons. The Balaban J connectivity index is 2.22. The number of halogens is 3. The Morgan fingerprint density at radius 2 is 1.76 bits per heavy atom. The van der Waals surface area contributed by atoms with Gasteiger partial charge in [-0.05, 0) is 17.0 Å². The monoisotopic (exact) mass is 299 g/mol. The van der Waals surface area contributed by atoms with Gasteiger partial charge in [0.1, 0.15) is 12.4 Å². The van der Waals surface area contributed by atoms with Crippen LogP contribution in [0, 0.1) is 0 Å². The number of fused-ring (bicyclic) bond motifs is 1. The Morgan fingerprint density at radius 1 is 1.10 bits per heavy atom. The van der Waals surface area contributed by atoms with Gasteiger partial charge >= 0.3 is 6.18 Å². The molecule has 0 aliphatic heterocycles. The van der Waals surface area contributed by atoms with E-state index < -0.39 is 18.8 Å². The van der Waals surface area contributed by atoms with Crippen LogP contribution in [0.1, 0.15) is 11.6 Å². The summed E-state index contributed by atoms with van der Waals surface area (Å²) in [6.07, 6.45) is -4.35. The van der Waals surface area contributed by atoms with Gasteiger partial charge < -0.3 is 15.2 Å². The fraction of sp³-hybridized carbons (Fsp3) is 0.333. The highest BCUT2D eigenvalue weighted by molar-refractivity contribution is 5.91. The van der Waals surface area contributed by atoms with E-state index in [1.165, 1.54) is 0 Å². The molecule has 0 aromatic heterocycles. The first kappa shape index (κ1) is 15.6. The van der Waals surface area contributed by atoms with Crippen LogP contribution in [0.5, 0.6) is 5.75 Å². The topological polar surface area (TPSA) is 44.5 Å². The zero-order chi connectivity index (χ0) is 15.5. The van der Waals surface area contributed by atoms with Gasteiger partial charge in [0.15, 0.2) is 0 Å². The lowest BCUT2D eigenvalue weighted by atomic mass is 9.99. The fourth-order valence-electron chi connectivity index (χ4n) is 2.19. The van der Waals surface area contributed by atoms with E-state index in [-0.39, 0.29) is 6.61 Å². The third-order valence-corrected chi connectivity index (χ3v) is 3.10. The quantitative estimate of drug-likeness (QED) is 0.920. The molecule has 0 fully saturated rings. The molecule has 1 atom stereocenters. The highest BCUT2D eigenvalue weighted by Crippen LogP contribution is 2.31. The Bertz CT molecular complexity index is 613. The first-order valence-electron chi connectivity index (χ1n) is 6.38. The molecule has 0 saturated heterocycles. The van der Waals surface area contributed by atoms with E-state index >= 15 is 0 Å². The maximum atomic E-state index is 12.1. The lowest BCUT2D eigenvalue weighted by molar-refractivity contribution is -0.174. The molecule has 3 nitrogen and oxygen atoms in total. The fourth-order valence-corrected chi connectivity index (χ4v) is 2.19. The van der Waals surface area contributed by atoms with Gasteiger partial charge in [0, 0.05) is 5.39 Å². The molecule has 0 spiro atoms. The zero-order valence-electron chi connectivity index (χ0n) is 11.5. The first-order valence-corrected chi connectivity index (χ1v) is 6.38. The van der Waals surface area contributed by atoms with E-state index in [4.69, 9.17) is 10.5 Å². The Labute approximate surface area is 120 Å². The van der Waals surface area contributed by atoms with E-state index in [0.29, 0.717) is 5.75 Å². The summed E-state index contributed by atoms with van der Waals surface area (Å²) in [5, 5.41) is 1.71. The molecule has 0 aliphatic carbocycles. The van der Waals surface area contributed by atoms with Crippen LogP contribution in [0.25, 0.3) is 10.8 Å². The van der Waals surface area contributed by atoms with E-state index in [1.54, 1.807) is 19.2 Å². The molecule has 0 amide bonds. The van der Waals surface area contributed by atoms with Crippen molar-refractivity contribution in [3.63, 3.8) is 0 Å². The van der Waals surface area contributed by atoms with Crippen molar-refractivity contribution in [2.24, 2.45) is 5.73 Å². The van der Waals surface area contributed by atoms with Crippen LogP contribution in [-0.4, -0.2) is 26.5 Å². The van der Waals surface area contributed by atoms with Crippen LogP contribution in [0.4, 0.5) is 13.2 Å². The number of alkyl halides is 3. The molecule has 2 rings (SSSR count). The summed E-state index contributed by atoms with van der Waals surface area (Å²) in [5.74, 6) is 0.692. The molecular formula is C15H16F3NO2. The largest absolute Gasteiger partial charge is 0.496 e. The number of ether oxygens (including phenoxy) is 2. The normalized spacial score (nSPS) is 13.4. The molecular weight excluding hydrogens is 283 g/mol. The average Bonchev–Trinajstić information content (AvgIpc) is 2.44. The van der Waals surface area contributed by atoms with Crippen LogP contribution in [0.15, 0.2) is 36.4 Å². The van der Waals surface area contributed by atoms with Gasteiger partial charge in [-0.15, -0.1) is 0 Å². The molecule has 0 radical (unpaired) electrons. The van der Waals surface area contributed by atoms with Gasteiger partial charge in [-0.3, -0.25) is 0 Å². The molecule has 1 unspecified atom stereocenters. The summed E-state index contributed by atoms with van der Waals surface area (Å²) in [5.41, 5.74) is 6.68. The third-order valence-electron chi connectivity index (χ3n) is 3.10. The SMILES string of the molecule is COc1ccc(C(N)COCC(F)(F)F)c2ccccc12. The maximum Gasteiger partial charge on any atom is 0.411 e. The van der Waals surface area contributed by atoms with E-state index in [2.05, 4.69) is 4.74 Å². The Kier molecular flexibility index (Phi) is 4.69. The number of nitrogens with two attached hydrogens (primary N) is 1. The van der Waals surface area contributed by atoms with Crippen LogP contribution in [0.2, 0.25) is 0 Å². The molecule has 6 heteroatoms. The second-order valence-corrected chi connectivity index (χ2v) is 4.64. The standard InChI is InChI=1S/C15H16F3NO2/c1-20-14-7-6-11(10-4-2-3-5-12(10)14)13(19)8-21-9-15(16,17)18/h2-7,13H,8-9,19H2,1H3. The van der Waals surface area contributed by atoms with Crippen molar-refractivity contribution in [1.82, 2.24) is 0 Å². The summed E-state index contributed by atoms with van der Waals surface area (Å²) in [4.78, 5) is 0. The predicted octanol–water partition coefficient (Wildman–Crippen LogP) is 3.43. The molecule has 0 aliphatic rings. The molecule has 2 N–H and O–H groups in total. The van der Waals surface area contributed by atoms with Crippen LogP contribution in [0.3, 0.4) is 0 Å². The minimum Gasteiger partial charge on any atom is -0.496 e. The highest BCUT2D eigenvalue weighted by atomic mass is 19.4.